The minimum absolute atomic E-state index is 0.139. The summed E-state index contributed by atoms with van der Waals surface area (Å²) in [5.41, 5.74) is 3.71. The van der Waals surface area contributed by atoms with E-state index in [-0.39, 0.29) is 12.5 Å². The first-order chi connectivity index (χ1) is 13.6. The van der Waals surface area contributed by atoms with Crippen molar-refractivity contribution in [2.24, 2.45) is 5.10 Å². The molecule has 0 spiro atoms. The number of hydrogen-bond donors (Lipinski definition) is 1. The van der Waals surface area contributed by atoms with Crippen LogP contribution in [-0.4, -0.2) is 50.4 Å². The zero-order valence-corrected chi connectivity index (χ0v) is 16.5. The molecule has 2 aromatic rings. The molecule has 0 unspecified atom stereocenters. The molecule has 0 radical (unpaired) electrons. The van der Waals surface area contributed by atoms with E-state index in [1.165, 1.54) is 6.21 Å². The van der Waals surface area contributed by atoms with Crippen LogP contribution in [-0.2, 0) is 9.53 Å². The van der Waals surface area contributed by atoms with E-state index in [0.29, 0.717) is 23.7 Å². The summed E-state index contributed by atoms with van der Waals surface area (Å²) in [5.74, 6) is 1.26. The second-order valence-corrected chi connectivity index (χ2v) is 6.48. The number of rotatable bonds is 10. The Morgan fingerprint density at radius 1 is 1.07 bits per heavy atom. The van der Waals surface area contributed by atoms with Gasteiger partial charge in [0.2, 0.25) is 0 Å². The lowest BCUT2D eigenvalue weighted by atomic mass is 10.2. The smallest absolute Gasteiger partial charge is 0.344 e. The van der Waals surface area contributed by atoms with Gasteiger partial charge in [-0.1, -0.05) is 0 Å². The predicted molar refractivity (Wildman–Crippen MR) is 109 cm³/mol. The molecule has 0 bridgehead atoms. The van der Waals surface area contributed by atoms with Gasteiger partial charge in [-0.15, -0.1) is 0 Å². The lowest BCUT2D eigenvalue weighted by molar-refractivity contribution is -0.145. The van der Waals surface area contributed by atoms with E-state index in [1.54, 1.807) is 67.4 Å². The van der Waals surface area contributed by atoms with E-state index >= 15 is 0 Å². The van der Waals surface area contributed by atoms with Crippen LogP contribution >= 0.6 is 11.8 Å². The van der Waals surface area contributed by atoms with Crippen molar-refractivity contribution in [1.29, 1.82) is 0 Å². The molecule has 0 atom stereocenters. The number of methoxy groups -OCH3 is 1. The first-order valence-corrected chi connectivity index (χ1v) is 9.86. The molecule has 0 saturated heterocycles. The van der Waals surface area contributed by atoms with E-state index in [9.17, 15) is 9.59 Å². The SMILES string of the molecule is COc1ccc(C(=O)N/N=C/c2ccc(OCC(=O)OCCSC)cc2)cc1. The first kappa shape index (κ1) is 21.3. The number of esters is 1. The molecule has 28 heavy (non-hydrogen) atoms. The van der Waals surface area contributed by atoms with Gasteiger partial charge in [-0.3, -0.25) is 4.79 Å². The van der Waals surface area contributed by atoms with Gasteiger partial charge < -0.3 is 14.2 Å². The molecule has 148 valence electrons. The molecule has 0 aromatic heterocycles. The molecule has 2 aromatic carbocycles. The summed E-state index contributed by atoms with van der Waals surface area (Å²) in [6, 6.07) is 13.7. The van der Waals surface area contributed by atoms with Crippen LogP contribution in [0.3, 0.4) is 0 Å². The summed E-state index contributed by atoms with van der Waals surface area (Å²) < 4.78 is 15.4. The Morgan fingerprint density at radius 2 is 1.75 bits per heavy atom. The Kier molecular flexibility index (Phi) is 8.87. The lowest BCUT2D eigenvalue weighted by Gasteiger charge is -2.06. The highest BCUT2D eigenvalue weighted by molar-refractivity contribution is 7.98. The van der Waals surface area contributed by atoms with E-state index in [1.807, 2.05) is 6.26 Å². The fourth-order valence-electron chi connectivity index (χ4n) is 2.05. The van der Waals surface area contributed by atoms with Crippen LogP contribution in [0.4, 0.5) is 0 Å². The second-order valence-electron chi connectivity index (χ2n) is 5.50. The van der Waals surface area contributed by atoms with Crippen LogP contribution in [0.25, 0.3) is 0 Å². The van der Waals surface area contributed by atoms with Crippen molar-refractivity contribution >= 4 is 29.9 Å². The summed E-state index contributed by atoms with van der Waals surface area (Å²) in [6.45, 7) is 0.237. The average molecular weight is 402 g/mol. The number of ether oxygens (including phenoxy) is 3. The predicted octanol–water partition coefficient (Wildman–Crippen LogP) is 2.74. The number of nitrogens with zero attached hydrogens (tertiary/aromatic N) is 1. The molecule has 1 amide bonds. The standard InChI is InChI=1S/C20H22N2O5S/c1-25-17-9-5-16(6-10-17)20(24)22-21-13-15-3-7-18(8-4-15)27-14-19(23)26-11-12-28-2/h3-10,13H,11-12,14H2,1-2H3,(H,22,24)/b21-13+. The maximum atomic E-state index is 12.0. The molecule has 0 heterocycles. The van der Waals surface area contributed by atoms with Gasteiger partial charge in [0.05, 0.1) is 13.3 Å². The van der Waals surface area contributed by atoms with Crippen LogP contribution in [0.5, 0.6) is 11.5 Å². The summed E-state index contributed by atoms with van der Waals surface area (Å²) in [5, 5.41) is 3.93. The molecular formula is C20H22N2O5S. The van der Waals surface area contributed by atoms with E-state index in [2.05, 4.69) is 10.5 Å². The third-order valence-electron chi connectivity index (χ3n) is 3.52. The molecule has 7 nitrogen and oxygen atoms in total. The van der Waals surface area contributed by atoms with Crippen LogP contribution in [0, 0.1) is 0 Å². The molecule has 8 heteroatoms. The van der Waals surface area contributed by atoms with E-state index in [4.69, 9.17) is 14.2 Å². The molecule has 1 N–H and O–H groups in total. The van der Waals surface area contributed by atoms with Crippen molar-refractivity contribution in [2.75, 3.05) is 32.3 Å². The average Bonchev–Trinajstić information content (AvgIpc) is 2.73. The summed E-state index contributed by atoms with van der Waals surface area (Å²) in [6.07, 6.45) is 3.46. The monoisotopic (exact) mass is 402 g/mol. The number of hydrogen-bond acceptors (Lipinski definition) is 7. The first-order valence-electron chi connectivity index (χ1n) is 8.47. The number of thioether (sulfide) groups is 1. The molecule has 0 fully saturated rings. The highest BCUT2D eigenvalue weighted by Crippen LogP contribution is 2.12. The largest absolute Gasteiger partial charge is 0.497 e. The van der Waals surface area contributed by atoms with E-state index in [0.717, 1.165) is 11.3 Å². The zero-order chi connectivity index (χ0) is 20.2. The molecule has 0 aliphatic rings. The third-order valence-corrected chi connectivity index (χ3v) is 4.09. The van der Waals surface area contributed by atoms with Crippen molar-refractivity contribution < 1.29 is 23.8 Å². The fourth-order valence-corrected chi connectivity index (χ4v) is 2.30. The number of hydrazone groups is 1. The van der Waals surface area contributed by atoms with Gasteiger partial charge in [0.25, 0.3) is 5.91 Å². The van der Waals surface area contributed by atoms with Crippen molar-refractivity contribution in [1.82, 2.24) is 5.43 Å². The molecule has 0 aliphatic carbocycles. The van der Waals surface area contributed by atoms with Gasteiger partial charge in [-0.2, -0.15) is 16.9 Å². The van der Waals surface area contributed by atoms with Gasteiger partial charge in [0, 0.05) is 11.3 Å². The maximum Gasteiger partial charge on any atom is 0.344 e. The van der Waals surface area contributed by atoms with Gasteiger partial charge in [-0.05, 0) is 60.4 Å². The Balaban J connectivity index is 1.78. The van der Waals surface area contributed by atoms with Crippen molar-refractivity contribution in [2.45, 2.75) is 0 Å². The van der Waals surface area contributed by atoms with Crippen molar-refractivity contribution in [3.63, 3.8) is 0 Å². The Hall–Kier alpha value is -3.00. The number of carbonyl (C=O) groups is 2. The highest BCUT2D eigenvalue weighted by atomic mass is 32.2. The van der Waals surface area contributed by atoms with E-state index < -0.39 is 5.97 Å². The quantitative estimate of drug-likeness (QED) is 0.285. The van der Waals surface area contributed by atoms with Crippen LogP contribution in [0.15, 0.2) is 53.6 Å². The second kappa shape index (κ2) is 11.7. The highest BCUT2D eigenvalue weighted by Gasteiger charge is 2.05. The topological polar surface area (TPSA) is 86.2 Å². The number of nitrogens with one attached hydrogen (secondary N) is 1. The minimum atomic E-state index is -0.402. The van der Waals surface area contributed by atoms with Crippen LogP contribution in [0.2, 0.25) is 0 Å². The summed E-state index contributed by atoms with van der Waals surface area (Å²) in [7, 11) is 1.56. The van der Waals surface area contributed by atoms with Crippen molar-refractivity contribution in [3.05, 3.63) is 59.7 Å². The van der Waals surface area contributed by atoms with Crippen LogP contribution in [0.1, 0.15) is 15.9 Å². The maximum absolute atomic E-state index is 12.0. The number of benzene rings is 2. The zero-order valence-electron chi connectivity index (χ0n) is 15.7. The Bertz CT molecular complexity index is 791. The molecule has 0 saturated carbocycles. The van der Waals surface area contributed by atoms with Gasteiger partial charge >= 0.3 is 5.97 Å². The van der Waals surface area contributed by atoms with Gasteiger partial charge in [-0.25, -0.2) is 10.2 Å². The Labute approximate surface area is 168 Å². The summed E-state index contributed by atoms with van der Waals surface area (Å²) in [4.78, 5) is 23.5. The van der Waals surface area contributed by atoms with Crippen LogP contribution < -0.4 is 14.9 Å². The molecule has 2 rings (SSSR count). The Morgan fingerprint density at radius 3 is 2.39 bits per heavy atom. The van der Waals surface area contributed by atoms with Gasteiger partial charge in [0.1, 0.15) is 18.1 Å². The lowest BCUT2D eigenvalue weighted by Crippen LogP contribution is -2.17. The summed E-state index contributed by atoms with van der Waals surface area (Å²) >= 11 is 1.61. The fraction of sp³-hybridized carbons (Fsp3) is 0.250. The van der Waals surface area contributed by atoms with Gasteiger partial charge in [0.15, 0.2) is 6.61 Å². The molecular weight excluding hydrogens is 380 g/mol. The van der Waals surface area contributed by atoms with Crippen molar-refractivity contribution in [3.8, 4) is 11.5 Å². The molecule has 0 aliphatic heterocycles. The number of amides is 1. The normalized spacial score (nSPS) is 10.5. The third kappa shape index (κ3) is 7.32. The number of carbonyl (C=O) groups excluding carboxylic acids is 2. The minimum Gasteiger partial charge on any atom is -0.497 e.